The molecule has 27 heavy (non-hydrogen) atoms. The highest BCUT2D eigenvalue weighted by atomic mass is 16.5. The average Bonchev–Trinajstić information content (AvgIpc) is 2.69. The van der Waals surface area contributed by atoms with Crippen LogP contribution in [0.2, 0.25) is 0 Å². The van der Waals surface area contributed by atoms with Gasteiger partial charge in [-0.15, -0.1) is 0 Å². The van der Waals surface area contributed by atoms with Crippen molar-refractivity contribution in [3.05, 3.63) is 54.1 Å². The van der Waals surface area contributed by atoms with Crippen molar-refractivity contribution in [3.63, 3.8) is 0 Å². The summed E-state index contributed by atoms with van der Waals surface area (Å²) in [5.74, 6) is 0.304. The van der Waals surface area contributed by atoms with Crippen LogP contribution >= 0.6 is 0 Å². The second-order valence-corrected chi connectivity index (χ2v) is 6.95. The predicted molar refractivity (Wildman–Crippen MR) is 104 cm³/mol. The van der Waals surface area contributed by atoms with Crippen molar-refractivity contribution in [1.82, 2.24) is 4.90 Å². The van der Waals surface area contributed by atoms with Gasteiger partial charge in [0.25, 0.3) is 5.91 Å². The molecule has 0 unspecified atom stereocenters. The van der Waals surface area contributed by atoms with E-state index in [0.717, 1.165) is 13.1 Å². The fourth-order valence-corrected chi connectivity index (χ4v) is 3.63. The second kappa shape index (κ2) is 7.31. The quantitative estimate of drug-likeness (QED) is 0.908. The molecule has 1 N–H and O–H groups in total. The molecule has 140 valence electrons. The van der Waals surface area contributed by atoms with Gasteiger partial charge >= 0.3 is 0 Å². The van der Waals surface area contributed by atoms with E-state index in [0.29, 0.717) is 24.5 Å². The maximum absolute atomic E-state index is 12.7. The zero-order valence-electron chi connectivity index (χ0n) is 15.4. The van der Waals surface area contributed by atoms with E-state index in [2.05, 4.69) is 29.3 Å². The number of para-hydroxylation sites is 3. The van der Waals surface area contributed by atoms with Crippen molar-refractivity contribution in [2.24, 2.45) is 0 Å². The standard InChI is InChI=1S/C21H23N3O3/c1-15-6-2-4-8-17(15)23-10-12-24(13-11-23)20(25)14-19-21(26)22-16-7-3-5-9-18(16)27-19/h2-9,19H,10-14H2,1H3,(H,22,26)/t19-/m0/s1. The van der Waals surface area contributed by atoms with Gasteiger partial charge in [0.15, 0.2) is 6.10 Å². The van der Waals surface area contributed by atoms with E-state index >= 15 is 0 Å². The Kier molecular flexibility index (Phi) is 4.71. The Bertz CT molecular complexity index is 859. The van der Waals surface area contributed by atoms with E-state index < -0.39 is 6.10 Å². The number of hydrogen-bond acceptors (Lipinski definition) is 4. The minimum absolute atomic E-state index is 0.0426. The van der Waals surface area contributed by atoms with Crippen LogP contribution in [0.25, 0.3) is 0 Å². The number of aryl methyl sites for hydroxylation is 1. The number of piperazine rings is 1. The van der Waals surface area contributed by atoms with Gasteiger partial charge in [0.1, 0.15) is 5.75 Å². The lowest BCUT2D eigenvalue weighted by Gasteiger charge is -2.37. The van der Waals surface area contributed by atoms with E-state index in [1.165, 1.54) is 11.3 Å². The van der Waals surface area contributed by atoms with Crippen LogP contribution in [0.3, 0.4) is 0 Å². The number of anilines is 2. The molecule has 2 aromatic rings. The Morgan fingerprint density at radius 1 is 1.07 bits per heavy atom. The lowest BCUT2D eigenvalue weighted by Crippen LogP contribution is -2.50. The third-order valence-corrected chi connectivity index (χ3v) is 5.16. The first-order valence-corrected chi connectivity index (χ1v) is 9.27. The summed E-state index contributed by atoms with van der Waals surface area (Å²) in [6, 6.07) is 15.6. The summed E-state index contributed by atoms with van der Waals surface area (Å²) in [4.78, 5) is 29.0. The van der Waals surface area contributed by atoms with Gasteiger partial charge in [-0.05, 0) is 30.7 Å². The molecule has 1 fully saturated rings. The van der Waals surface area contributed by atoms with Crippen molar-refractivity contribution in [2.45, 2.75) is 19.4 Å². The van der Waals surface area contributed by atoms with Crippen molar-refractivity contribution < 1.29 is 14.3 Å². The zero-order valence-corrected chi connectivity index (χ0v) is 15.4. The highest BCUT2D eigenvalue weighted by Crippen LogP contribution is 2.30. The fourth-order valence-electron chi connectivity index (χ4n) is 3.63. The molecule has 0 saturated carbocycles. The van der Waals surface area contributed by atoms with Crippen LogP contribution in [0.4, 0.5) is 11.4 Å². The van der Waals surface area contributed by atoms with E-state index in [-0.39, 0.29) is 18.2 Å². The summed E-state index contributed by atoms with van der Waals surface area (Å²) in [7, 11) is 0. The van der Waals surface area contributed by atoms with Gasteiger partial charge in [-0.3, -0.25) is 9.59 Å². The van der Waals surface area contributed by atoms with Gasteiger partial charge in [-0.1, -0.05) is 30.3 Å². The number of carbonyl (C=O) groups is 2. The summed E-state index contributed by atoms with van der Waals surface area (Å²) in [5.41, 5.74) is 3.11. The van der Waals surface area contributed by atoms with Crippen molar-refractivity contribution in [2.75, 3.05) is 36.4 Å². The van der Waals surface area contributed by atoms with Crippen LogP contribution in [-0.2, 0) is 9.59 Å². The number of hydrogen-bond donors (Lipinski definition) is 1. The average molecular weight is 365 g/mol. The molecule has 6 nitrogen and oxygen atoms in total. The Morgan fingerprint density at radius 2 is 1.78 bits per heavy atom. The van der Waals surface area contributed by atoms with Crippen LogP contribution in [0.15, 0.2) is 48.5 Å². The molecule has 0 aromatic heterocycles. The molecule has 4 rings (SSSR count). The Hall–Kier alpha value is -3.02. The Morgan fingerprint density at radius 3 is 2.56 bits per heavy atom. The largest absolute Gasteiger partial charge is 0.478 e. The first-order chi connectivity index (χ1) is 13.1. The minimum Gasteiger partial charge on any atom is -0.478 e. The number of amides is 2. The van der Waals surface area contributed by atoms with E-state index in [4.69, 9.17) is 4.74 Å². The van der Waals surface area contributed by atoms with E-state index in [1.807, 2.05) is 29.2 Å². The van der Waals surface area contributed by atoms with E-state index in [9.17, 15) is 9.59 Å². The molecular formula is C21H23N3O3. The monoisotopic (exact) mass is 365 g/mol. The Balaban J connectivity index is 1.35. The summed E-state index contributed by atoms with van der Waals surface area (Å²) < 4.78 is 5.74. The number of nitrogens with one attached hydrogen (secondary N) is 1. The summed E-state index contributed by atoms with van der Waals surface area (Å²) in [6.07, 6.45) is -0.716. The number of carbonyl (C=O) groups excluding carboxylic acids is 2. The SMILES string of the molecule is Cc1ccccc1N1CCN(C(=O)C[C@@H]2Oc3ccccc3NC2=O)CC1. The first kappa shape index (κ1) is 17.4. The third kappa shape index (κ3) is 3.60. The maximum atomic E-state index is 12.7. The molecule has 2 amide bonds. The normalized spacial score (nSPS) is 19.1. The molecule has 0 bridgehead atoms. The van der Waals surface area contributed by atoms with Crippen molar-refractivity contribution >= 4 is 23.2 Å². The summed E-state index contributed by atoms with van der Waals surface area (Å²) in [5, 5.41) is 2.81. The van der Waals surface area contributed by atoms with E-state index in [1.54, 1.807) is 12.1 Å². The molecule has 2 aliphatic heterocycles. The molecule has 2 aromatic carbocycles. The zero-order chi connectivity index (χ0) is 18.8. The molecule has 1 atom stereocenters. The second-order valence-electron chi connectivity index (χ2n) is 6.95. The maximum Gasteiger partial charge on any atom is 0.266 e. The smallest absolute Gasteiger partial charge is 0.266 e. The molecule has 2 heterocycles. The topological polar surface area (TPSA) is 61.9 Å². The highest BCUT2D eigenvalue weighted by molar-refractivity contribution is 5.99. The molecule has 0 aliphatic carbocycles. The van der Waals surface area contributed by atoms with Gasteiger partial charge < -0.3 is 19.9 Å². The molecule has 1 saturated heterocycles. The van der Waals surface area contributed by atoms with Crippen LogP contribution in [-0.4, -0.2) is 49.0 Å². The van der Waals surface area contributed by atoms with Crippen LogP contribution < -0.4 is 15.0 Å². The predicted octanol–water partition coefficient (Wildman–Crippen LogP) is 2.43. The molecule has 0 radical (unpaired) electrons. The molecule has 6 heteroatoms. The van der Waals surface area contributed by atoms with Crippen LogP contribution in [0.1, 0.15) is 12.0 Å². The number of ether oxygens (including phenoxy) is 1. The van der Waals surface area contributed by atoms with Gasteiger partial charge in [0.2, 0.25) is 5.91 Å². The van der Waals surface area contributed by atoms with Crippen LogP contribution in [0, 0.1) is 6.92 Å². The Labute approximate surface area is 158 Å². The first-order valence-electron chi connectivity index (χ1n) is 9.27. The lowest BCUT2D eigenvalue weighted by molar-refractivity contribution is -0.137. The van der Waals surface area contributed by atoms with Crippen molar-refractivity contribution in [1.29, 1.82) is 0 Å². The van der Waals surface area contributed by atoms with Crippen molar-refractivity contribution in [3.8, 4) is 5.75 Å². The summed E-state index contributed by atoms with van der Waals surface area (Å²) >= 11 is 0. The summed E-state index contributed by atoms with van der Waals surface area (Å²) in [6.45, 7) is 4.98. The van der Waals surface area contributed by atoms with Crippen LogP contribution in [0.5, 0.6) is 5.75 Å². The molecule has 0 spiro atoms. The van der Waals surface area contributed by atoms with Gasteiger partial charge in [-0.25, -0.2) is 0 Å². The molecular weight excluding hydrogens is 342 g/mol. The molecule has 2 aliphatic rings. The van der Waals surface area contributed by atoms with Gasteiger partial charge in [-0.2, -0.15) is 0 Å². The lowest BCUT2D eigenvalue weighted by atomic mass is 10.1. The highest BCUT2D eigenvalue weighted by Gasteiger charge is 2.32. The number of benzene rings is 2. The third-order valence-electron chi connectivity index (χ3n) is 5.16. The van der Waals surface area contributed by atoms with Gasteiger partial charge in [0, 0.05) is 31.9 Å². The number of nitrogens with zero attached hydrogens (tertiary/aromatic N) is 2. The number of rotatable bonds is 3. The number of fused-ring (bicyclic) bond motifs is 1. The minimum atomic E-state index is -0.776. The van der Waals surface area contributed by atoms with Gasteiger partial charge in [0.05, 0.1) is 12.1 Å². The fraction of sp³-hybridized carbons (Fsp3) is 0.333.